The van der Waals surface area contributed by atoms with E-state index in [1.807, 2.05) is 6.92 Å². The fourth-order valence-corrected chi connectivity index (χ4v) is 4.18. The van der Waals surface area contributed by atoms with Gasteiger partial charge in [0.15, 0.2) is 11.5 Å². The summed E-state index contributed by atoms with van der Waals surface area (Å²) >= 11 is 0. The number of ketones is 1. The Hall–Kier alpha value is -4.33. The fourth-order valence-electron chi connectivity index (χ4n) is 4.18. The highest BCUT2D eigenvalue weighted by Crippen LogP contribution is 2.44. The number of aromatic nitrogens is 1. The Bertz CT molecular complexity index is 1300. The zero-order valence-corrected chi connectivity index (χ0v) is 17.9. The topological polar surface area (TPSA) is 98.2 Å². The zero-order chi connectivity index (χ0) is 23.1. The summed E-state index contributed by atoms with van der Waals surface area (Å²) in [5.41, 5.74) is 2.28. The number of anilines is 1. The largest absolute Gasteiger partial charge is 0.507 e. The van der Waals surface area contributed by atoms with E-state index >= 15 is 0 Å². The first-order valence-corrected chi connectivity index (χ1v) is 10.2. The molecule has 1 amide bonds. The van der Waals surface area contributed by atoms with Gasteiger partial charge in [-0.05, 0) is 60.5 Å². The summed E-state index contributed by atoms with van der Waals surface area (Å²) in [6, 6.07) is 12.7. The van der Waals surface area contributed by atoms with Crippen LogP contribution >= 0.6 is 0 Å². The van der Waals surface area contributed by atoms with E-state index in [1.165, 1.54) is 4.90 Å². The lowest BCUT2D eigenvalue weighted by atomic mass is 9.95. The molecule has 0 bridgehead atoms. The van der Waals surface area contributed by atoms with Gasteiger partial charge in [-0.25, -0.2) is 0 Å². The molecule has 8 heteroatoms. The first-order valence-electron chi connectivity index (χ1n) is 10.2. The van der Waals surface area contributed by atoms with Crippen molar-refractivity contribution in [2.24, 2.45) is 0 Å². The summed E-state index contributed by atoms with van der Waals surface area (Å²) in [4.78, 5) is 31.9. The van der Waals surface area contributed by atoms with Crippen LogP contribution in [0.1, 0.15) is 22.7 Å². The molecule has 33 heavy (non-hydrogen) atoms. The smallest absolute Gasteiger partial charge is 0.300 e. The van der Waals surface area contributed by atoms with Crippen molar-refractivity contribution in [2.75, 3.05) is 18.8 Å². The lowest BCUT2D eigenvalue weighted by Gasteiger charge is -2.25. The molecule has 1 atom stereocenters. The maximum Gasteiger partial charge on any atom is 0.300 e. The molecule has 3 heterocycles. The molecule has 1 fully saturated rings. The molecule has 2 aromatic carbocycles. The third-order valence-electron chi connectivity index (χ3n) is 5.77. The predicted octanol–water partition coefficient (Wildman–Crippen LogP) is 3.75. The van der Waals surface area contributed by atoms with Gasteiger partial charge in [-0.3, -0.25) is 19.5 Å². The minimum Gasteiger partial charge on any atom is -0.507 e. The highest BCUT2D eigenvalue weighted by molar-refractivity contribution is 6.51. The van der Waals surface area contributed by atoms with Crippen molar-refractivity contribution < 1.29 is 28.9 Å². The Morgan fingerprint density at radius 1 is 1.06 bits per heavy atom. The van der Waals surface area contributed by atoms with Crippen LogP contribution in [0, 0.1) is 6.92 Å². The monoisotopic (exact) mass is 444 g/mol. The number of nitrogens with zero attached hydrogens (tertiary/aromatic N) is 2. The summed E-state index contributed by atoms with van der Waals surface area (Å²) in [7, 11) is 1.56. The number of hydrogen-bond donors (Lipinski definition) is 1. The third kappa shape index (κ3) is 3.36. The first-order chi connectivity index (χ1) is 16.0. The Morgan fingerprint density at radius 2 is 1.82 bits per heavy atom. The van der Waals surface area contributed by atoms with Crippen molar-refractivity contribution in [3.8, 4) is 17.2 Å². The molecule has 1 saturated heterocycles. The number of ether oxygens (including phenoxy) is 3. The SMILES string of the molecule is COc1ccc(/C(O)=C2\C(=O)C(=O)N(c3ccc4c(c3)OCO4)C2c2ccncc2)cc1C. The van der Waals surface area contributed by atoms with Crippen LogP contribution in [0.2, 0.25) is 0 Å². The Balaban J connectivity index is 1.69. The summed E-state index contributed by atoms with van der Waals surface area (Å²) in [5, 5.41) is 11.2. The molecule has 5 rings (SSSR count). The minimum absolute atomic E-state index is 0.00608. The van der Waals surface area contributed by atoms with Crippen LogP contribution in [-0.4, -0.2) is 35.7 Å². The van der Waals surface area contributed by atoms with Gasteiger partial charge >= 0.3 is 0 Å². The van der Waals surface area contributed by atoms with Crippen LogP contribution in [0.25, 0.3) is 5.76 Å². The zero-order valence-electron chi connectivity index (χ0n) is 17.9. The van der Waals surface area contributed by atoms with Gasteiger partial charge in [0.25, 0.3) is 11.7 Å². The van der Waals surface area contributed by atoms with E-state index in [-0.39, 0.29) is 18.1 Å². The molecular weight excluding hydrogens is 424 g/mol. The Labute approximate surface area is 189 Å². The van der Waals surface area contributed by atoms with Crippen LogP contribution in [0.5, 0.6) is 17.2 Å². The van der Waals surface area contributed by atoms with Gasteiger partial charge in [-0.1, -0.05) is 0 Å². The number of amides is 1. The van der Waals surface area contributed by atoms with Crippen molar-refractivity contribution in [3.63, 3.8) is 0 Å². The van der Waals surface area contributed by atoms with E-state index in [0.29, 0.717) is 34.1 Å². The first kappa shape index (κ1) is 20.6. The number of rotatable bonds is 4. The minimum atomic E-state index is -0.851. The highest BCUT2D eigenvalue weighted by atomic mass is 16.7. The molecule has 0 aliphatic carbocycles. The maximum atomic E-state index is 13.2. The summed E-state index contributed by atoms with van der Waals surface area (Å²) in [6.45, 7) is 1.92. The van der Waals surface area contributed by atoms with Crippen molar-refractivity contribution in [3.05, 3.63) is 83.2 Å². The molecular formula is C25H20N2O6. The Kier molecular flexibility index (Phi) is 4.97. The lowest BCUT2D eigenvalue weighted by molar-refractivity contribution is -0.132. The van der Waals surface area contributed by atoms with E-state index in [1.54, 1.807) is 68.0 Å². The molecule has 166 valence electrons. The number of carbonyl (C=O) groups excluding carboxylic acids is 2. The average molecular weight is 444 g/mol. The highest BCUT2D eigenvalue weighted by Gasteiger charge is 2.47. The number of methoxy groups -OCH3 is 1. The number of pyridine rings is 1. The number of aliphatic hydroxyl groups is 1. The van der Waals surface area contributed by atoms with Gasteiger partial charge in [0, 0.05) is 29.7 Å². The van der Waals surface area contributed by atoms with E-state index in [2.05, 4.69) is 4.98 Å². The molecule has 0 saturated carbocycles. The summed E-state index contributed by atoms with van der Waals surface area (Å²) in [6.07, 6.45) is 3.15. The molecule has 2 aliphatic heterocycles. The van der Waals surface area contributed by atoms with Gasteiger partial charge in [-0.15, -0.1) is 0 Å². The van der Waals surface area contributed by atoms with Crippen LogP contribution < -0.4 is 19.1 Å². The maximum absolute atomic E-state index is 13.2. The van der Waals surface area contributed by atoms with Crippen LogP contribution in [0.3, 0.4) is 0 Å². The summed E-state index contributed by atoms with van der Waals surface area (Å²) < 4.78 is 16.1. The van der Waals surface area contributed by atoms with Crippen LogP contribution in [0.15, 0.2) is 66.5 Å². The number of aryl methyl sites for hydroxylation is 1. The second-order valence-corrected chi connectivity index (χ2v) is 7.67. The van der Waals surface area contributed by atoms with Crippen molar-refractivity contribution in [2.45, 2.75) is 13.0 Å². The molecule has 2 aliphatic rings. The number of fused-ring (bicyclic) bond motifs is 1. The number of hydrogen-bond acceptors (Lipinski definition) is 7. The summed E-state index contributed by atoms with van der Waals surface area (Å²) in [5.74, 6) is -0.0942. The van der Waals surface area contributed by atoms with Gasteiger partial charge in [0.05, 0.1) is 18.7 Å². The van der Waals surface area contributed by atoms with Gasteiger partial charge in [0.1, 0.15) is 11.5 Å². The third-order valence-corrected chi connectivity index (χ3v) is 5.77. The Morgan fingerprint density at radius 3 is 2.55 bits per heavy atom. The molecule has 1 unspecified atom stereocenters. The van der Waals surface area contributed by atoms with Gasteiger partial charge in [-0.2, -0.15) is 0 Å². The molecule has 0 spiro atoms. The molecule has 8 nitrogen and oxygen atoms in total. The predicted molar refractivity (Wildman–Crippen MR) is 119 cm³/mol. The number of carbonyl (C=O) groups is 2. The molecule has 1 N–H and O–H groups in total. The van der Waals surface area contributed by atoms with E-state index < -0.39 is 17.7 Å². The van der Waals surface area contributed by atoms with E-state index in [4.69, 9.17) is 14.2 Å². The van der Waals surface area contributed by atoms with Crippen molar-refractivity contribution >= 4 is 23.1 Å². The van der Waals surface area contributed by atoms with Crippen LogP contribution in [0.4, 0.5) is 5.69 Å². The normalized spacial score (nSPS) is 18.6. The number of benzene rings is 2. The standard InChI is InChI=1S/C25H20N2O6/c1-14-11-16(3-5-18(14)31-2)23(28)21-22(15-7-9-26-10-8-15)27(25(30)24(21)29)17-4-6-19-20(12-17)33-13-32-19/h3-12,22,28H,13H2,1-2H3/b23-21+. The quantitative estimate of drug-likeness (QED) is 0.372. The van der Waals surface area contributed by atoms with E-state index in [9.17, 15) is 14.7 Å². The number of Topliss-reactive ketones (excluding diaryl/α,β-unsaturated/α-hetero) is 1. The average Bonchev–Trinajstić information content (AvgIpc) is 3.41. The fraction of sp³-hybridized carbons (Fsp3) is 0.160. The second kappa shape index (κ2) is 7.98. The van der Waals surface area contributed by atoms with Gasteiger partial charge < -0.3 is 19.3 Å². The number of aliphatic hydroxyl groups excluding tert-OH is 1. The molecule has 3 aromatic rings. The van der Waals surface area contributed by atoms with Gasteiger partial charge in [0.2, 0.25) is 6.79 Å². The second-order valence-electron chi connectivity index (χ2n) is 7.67. The molecule has 0 radical (unpaired) electrons. The lowest BCUT2D eigenvalue weighted by Crippen LogP contribution is -2.29. The van der Waals surface area contributed by atoms with Crippen molar-refractivity contribution in [1.82, 2.24) is 4.98 Å². The van der Waals surface area contributed by atoms with E-state index in [0.717, 1.165) is 5.56 Å². The van der Waals surface area contributed by atoms with Crippen molar-refractivity contribution in [1.29, 1.82) is 0 Å². The van der Waals surface area contributed by atoms with Crippen LogP contribution in [-0.2, 0) is 9.59 Å². The molecule has 1 aromatic heterocycles.